The van der Waals surface area contributed by atoms with Crippen molar-refractivity contribution in [3.05, 3.63) is 60.3 Å². The highest BCUT2D eigenvalue weighted by atomic mass is 16.4. The molecule has 1 atom stereocenters. The third kappa shape index (κ3) is 3.51. The Bertz CT molecular complexity index is 755. The highest BCUT2D eigenvalue weighted by Crippen LogP contribution is 2.21. The van der Waals surface area contributed by atoms with E-state index in [0.29, 0.717) is 30.8 Å². The number of benzene rings is 1. The van der Waals surface area contributed by atoms with Crippen LogP contribution in [0.4, 0.5) is 0 Å². The average molecular weight is 324 g/mol. The molecule has 0 aliphatic carbocycles. The summed E-state index contributed by atoms with van der Waals surface area (Å²) < 4.78 is 7.72. The Kier molecular flexibility index (Phi) is 4.33. The number of likely N-dealkylation sites (tertiary alicyclic amines) is 1. The first-order valence-corrected chi connectivity index (χ1v) is 8.28. The Morgan fingerprint density at radius 3 is 2.83 bits per heavy atom. The van der Waals surface area contributed by atoms with E-state index < -0.39 is 0 Å². The molecule has 0 bridgehead atoms. The standard InChI is InChI=1S/C17H20N6O/c1-2-5-14(6-3-1)9-16-20-21-17(24-16)11-22-8-4-7-15(22)10-23-13-18-12-19-23/h1-3,5-6,12-13,15H,4,7-11H2. The van der Waals surface area contributed by atoms with Crippen LogP contribution in [0.5, 0.6) is 0 Å². The Morgan fingerprint density at radius 1 is 1.12 bits per heavy atom. The fraction of sp³-hybridized carbons (Fsp3) is 0.412. The Hall–Kier alpha value is -2.54. The van der Waals surface area contributed by atoms with Gasteiger partial charge in [-0.2, -0.15) is 5.10 Å². The Balaban J connectivity index is 1.38. The molecule has 0 amide bonds. The van der Waals surface area contributed by atoms with Crippen LogP contribution in [0, 0.1) is 0 Å². The van der Waals surface area contributed by atoms with Crippen molar-refractivity contribution in [1.82, 2.24) is 29.9 Å². The van der Waals surface area contributed by atoms with Gasteiger partial charge in [0.15, 0.2) is 0 Å². The SMILES string of the molecule is c1ccc(Cc2nnc(CN3CCCC3Cn3cncn3)o2)cc1. The molecule has 0 saturated carbocycles. The Labute approximate surface area is 140 Å². The predicted octanol–water partition coefficient (Wildman–Crippen LogP) is 1.92. The molecule has 1 aromatic carbocycles. The van der Waals surface area contributed by atoms with E-state index in [-0.39, 0.29) is 0 Å². The molecule has 3 aromatic rings. The minimum Gasteiger partial charge on any atom is -0.424 e. The molecule has 1 unspecified atom stereocenters. The topological polar surface area (TPSA) is 72.9 Å². The zero-order valence-electron chi connectivity index (χ0n) is 13.5. The molecule has 1 fully saturated rings. The van der Waals surface area contributed by atoms with Gasteiger partial charge in [-0.1, -0.05) is 30.3 Å². The summed E-state index contributed by atoms with van der Waals surface area (Å²) in [6, 6.07) is 10.6. The third-order valence-corrected chi connectivity index (χ3v) is 4.41. The summed E-state index contributed by atoms with van der Waals surface area (Å²) in [5, 5.41) is 12.6. The fourth-order valence-electron chi connectivity index (χ4n) is 3.22. The van der Waals surface area contributed by atoms with Crippen LogP contribution in [-0.2, 0) is 19.5 Å². The average Bonchev–Trinajstić information content (AvgIpc) is 3.34. The van der Waals surface area contributed by atoms with Gasteiger partial charge in [0.2, 0.25) is 11.8 Å². The summed E-state index contributed by atoms with van der Waals surface area (Å²) in [6.45, 7) is 2.60. The summed E-state index contributed by atoms with van der Waals surface area (Å²) in [7, 11) is 0. The summed E-state index contributed by atoms with van der Waals surface area (Å²) in [5.74, 6) is 1.36. The molecule has 0 radical (unpaired) electrons. The lowest BCUT2D eigenvalue weighted by atomic mass is 10.2. The fourth-order valence-corrected chi connectivity index (χ4v) is 3.22. The molecule has 7 heteroatoms. The molecule has 2 aromatic heterocycles. The quantitative estimate of drug-likeness (QED) is 0.690. The molecule has 7 nitrogen and oxygen atoms in total. The predicted molar refractivity (Wildman–Crippen MR) is 87.0 cm³/mol. The molecule has 0 N–H and O–H groups in total. The smallest absolute Gasteiger partial charge is 0.230 e. The molecule has 1 aliphatic heterocycles. The first-order valence-electron chi connectivity index (χ1n) is 8.28. The molecule has 0 spiro atoms. The molecule has 24 heavy (non-hydrogen) atoms. The van der Waals surface area contributed by atoms with Crippen LogP contribution in [0.25, 0.3) is 0 Å². The van der Waals surface area contributed by atoms with Crippen molar-refractivity contribution in [2.24, 2.45) is 0 Å². The van der Waals surface area contributed by atoms with E-state index in [2.05, 4.69) is 37.3 Å². The van der Waals surface area contributed by atoms with Crippen molar-refractivity contribution in [1.29, 1.82) is 0 Å². The number of aromatic nitrogens is 5. The normalized spacial score (nSPS) is 18.2. The highest BCUT2D eigenvalue weighted by Gasteiger charge is 2.26. The van der Waals surface area contributed by atoms with Crippen molar-refractivity contribution < 1.29 is 4.42 Å². The van der Waals surface area contributed by atoms with Gasteiger partial charge >= 0.3 is 0 Å². The van der Waals surface area contributed by atoms with Gasteiger partial charge in [-0.25, -0.2) is 4.98 Å². The van der Waals surface area contributed by atoms with E-state index in [0.717, 1.165) is 19.5 Å². The Morgan fingerprint density at radius 2 is 2.00 bits per heavy atom. The number of hydrogen-bond donors (Lipinski definition) is 0. The monoisotopic (exact) mass is 324 g/mol. The lowest BCUT2D eigenvalue weighted by molar-refractivity contribution is 0.198. The second kappa shape index (κ2) is 6.92. The van der Waals surface area contributed by atoms with E-state index in [9.17, 15) is 0 Å². The lowest BCUT2D eigenvalue weighted by Gasteiger charge is -2.22. The third-order valence-electron chi connectivity index (χ3n) is 4.41. The van der Waals surface area contributed by atoms with Crippen LogP contribution < -0.4 is 0 Å². The van der Waals surface area contributed by atoms with E-state index in [1.54, 1.807) is 12.7 Å². The zero-order valence-corrected chi connectivity index (χ0v) is 13.5. The van der Waals surface area contributed by atoms with Gasteiger partial charge < -0.3 is 4.42 Å². The van der Waals surface area contributed by atoms with E-state index in [1.807, 2.05) is 22.9 Å². The molecule has 1 saturated heterocycles. The maximum Gasteiger partial charge on any atom is 0.230 e. The first kappa shape index (κ1) is 15.0. The molecular formula is C17H20N6O. The van der Waals surface area contributed by atoms with Crippen LogP contribution in [0.3, 0.4) is 0 Å². The zero-order chi connectivity index (χ0) is 16.2. The van der Waals surface area contributed by atoms with Crippen molar-refractivity contribution in [3.8, 4) is 0 Å². The van der Waals surface area contributed by atoms with Gasteiger partial charge in [0.05, 0.1) is 19.5 Å². The summed E-state index contributed by atoms with van der Waals surface area (Å²) in [6.07, 6.45) is 6.36. The van der Waals surface area contributed by atoms with Gasteiger partial charge in [-0.15, -0.1) is 10.2 Å². The second-order valence-corrected chi connectivity index (χ2v) is 6.14. The van der Waals surface area contributed by atoms with Crippen molar-refractivity contribution in [2.45, 2.75) is 38.4 Å². The molecular weight excluding hydrogens is 304 g/mol. The van der Waals surface area contributed by atoms with Crippen LogP contribution in [-0.4, -0.2) is 42.4 Å². The maximum atomic E-state index is 5.83. The van der Waals surface area contributed by atoms with Gasteiger partial charge in [0.1, 0.15) is 12.7 Å². The summed E-state index contributed by atoms with van der Waals surface area (Å²) in [4.78, 5) is 6.40. The molecule has 4 rings (SSSR count). The van der Waals surface area contributed by atoms with Gasteiger partial charge in [-0.3, -0.25) is 9.58 Å². The summed E-state index contributed by atoms with van der Waals surface area (Å²) >= 11 is 0. The highest BCUT2D eigenvalue weighted by molar-refractivity contribution is 5.17. The van der Waals surface area contributed by atoms with Crippen molar-refractivity contribution in [2.75, 3.05) is 6.54 Å². The summed E-state index contributed by atoms with van der Waals surface area (Å²) in [5.41, 5.74) is 1.18. The first-order chi connectivity index (χ1) is 11.9. The van der Waals surface area contributed by atoms with Crippen LogP contribution in [0.2, 0.25) is 0 Å². The van der Waals surface area contributed by atoms with Gasteiger partial charge in [-0.05, 0) is 24.9 Å². The van der Waals surface area contributed by atoms with Crippen LogP contribution >= 0.6 is 0 Å². The van der Waals surface area contributed by atoms with Crippen molar-refractivity contribution >= 4 is 0 Å². The molecule has 124 valence electrons. The number of hydrogen-bond acceptors (Lipinski definition) is 6. The van der Waals surface area contributed by atoms with E-state index in [4.69, 9.17) is 4.42 Å². The lowest BCUT2D eigenvalue weighted by Crippen LogP contribution is -2.32. The van der Waals surface area contributed by atoms with Crippen molar-refractivity contribution in [3.63, 3.8) is 0 Å². The van der Waals surface area contributed by atoms with Crippen LogP contribution in [0.1, 0.15) is 30.2 Å². The van der Waals surface area contributed by atoms with Gasteiger partial charge in [0.25, 0.3) is 0 Å². The largest absolute Gasteiger partial charge is 0.424 e. The minimum atomic E-state index is 0.441. The second-order valence-electron chi connectivity index (χ2n) is 6.14. The minimum absolute atomic E-state index is 0.441. The van der Waals surface area contributed by atoms with E-state index >= 15 is 0 Å². The maximum absolute atomic E-state index is 5.83. The number of nitrogens with zero attached hydrogens (tertiary/aromatic N) is 6. The van der Waals surface area contributed by atoms with E-state index in [1.165, 1.54) is 12.0 Å². The molecule has 3 heterocycles. The molecule has 1 aliphatic rings. The number of rotatable bonds is 6. The van der Waals surface area contributed by atoms with Crippen LogP contribution in [0.15, 0.2) is 47.4 Å². The van der Waals surface area contributed by atoms with Gasteiger partial charge in [0, 0.05) is 6.04 Å².